The van der Waals surface area contributed by atoms with Gasteiger partial charge >= 0.3 is 0 Å². The number of rotatable bonds is 0. The lowest BCUT2D eigenvalue weighted by Crippen LogP contribution is -2.27. The van der Waals surface area contributed by atoms with E-state index in [-0.39, 0.29) is 0 Å². The monoisotopic (exact) mass is 176 g/mol. The molecule has 1 aromatic rings. The zero-order valence-corrected chi connectivity index (χ0v) is 8.30. The maximum Gasteiger partial charge on any atom is 0.0362 e. The molecule has 1 aromatic carbocycles. The lowest BCUT2D eigenvalue weighted by Gasteiger charge is -2.27. The zero-order valence-electron chi connectivity index (χ0n) is 8.30. The topological polar surface area (TPSA) is 29.3 Å². The Morgan fingerprint density at radius 3 is 2.85 bits per heavy atom. The van der Waals surface area contributed by atoms with E-state index in [0.717, 1.165) is 25.2 Å². The van der Waals surface area contributed by atoms with Gasteiger partial charge in [-0.3, -0.25) is 0 Å². The van der Waals surface area contributed by atoms with Gasteiger partial charge in [0, 0.05) is 18.8 Å². The van der Waals surface area contributed by atoms with Crippen molar-refractivity contribution in [1.29, 1.82) is 0 Å². The highest BCUT2D eigenvalue weighted by Gasteiger charge is 2.16. The largest absolute Gasteiger partial charge is 0.398 e. The Morgan fingerprint density at radius 1 is 1.31 bits per heavy atom. The minimum atomic E-state index is 0.951. The van der Waals surface area contributed by atoms with Crippen LogP contribution in [0.1, 0.15) is 16.7 Å². The first-order valence-corrected chi connectivity index (χ1v) is 4.74. The summed E-state index contributed by atoms with van der Waals surface area (Å²) < 4.78 is 0. The van der Waals surface area contributed by atoms with E-state index in [2.05, 4.69) is 24.9 Å². The van der Waals surface area contributed by atoms with Gasteiger partial charge in [0.05, 0.1) is 0 Å². The van der Waals surface area contributed by atoms with Crippen LogP contribution < -0.4 is 5.73 Å². The van der Waals surface area contributed by atoms with Crippen LogP contribution in [0.4, 0.5) is 5.69 Å². The first-order valence-electron chi connectivity index (χ1n) is 4.74. The first-order chi connectivity index (χ1) is 6.18. The van der Waals surface area contributed by atoms with Gasteiger partial charge in [0.1, 0.15) is 0 Å². The summed E-state index contributed by atoms with van der Waals surface area (Å²) >= 11 is 0. The quantitative estimate of drug-likeness (QED) is 0.608. The second-order valence-electron chi connectivity index (χ2n) is 3.92. The zero-order chi connectivity index (χ0) is 9.42. The molecule has 1 aliphatic rings. The first kappa shape index (κ1) is 8.57. The molecule has 0 bridgehead atoms. The van der Waals surface area contributed by atoms with E-state index in [1.54, 1.807) is 0 Å². The molecule has 2 N–H and O–H groups in total. The van der Waals surface area contributed by atoms with Crippen molar-refractivity contribution >= 4 is 5.69 Å². The Labute approximate surface area is 79.4 Å². The minimum absolute atomic E-state index is 0.951. The van der Waals surface area contributed by atoms with Gasteiger partial charge in [0.25, 0.3) is 0 Å². The van der Waals surface area contributed by atoms with Crippen LogP contribution >= 0.6 is 0 Å². The second kappa shape index (κ2) is 3.04. The normalized spacial score (nSPS) is 17.1. The number of nitrogen functional groups attached to an aromatic ring is 1. The molecule has 0 saturated heterocycles. The molecule has 0 unspecified atom stereocenters. The number of anilines is 1. The minimum Gasteiger partial charge on any atom is -0.398 e. The van der Waals surface area contributed by atoms with Gasteiger partial charge < -0.3 is 10.6 Å². The predicted molar refractivity (Wildman–Crippen MR) is 55.6 cm³/mol. The number of fused-ring (bicyclic) bond motifs is 1. The van der Waals surface area contributed by atoms with Crippen molar-refractivity contribution in [3.8, 4) is 0 Å². The van der Waals surface area contributed by atoms with Gasteiger partial charge in [-0.2, -0.15) is 0 Å². The Balaban J connectivity index is 2.51. The molecule has 13 heavy (non-hydrogen) atoms. The lowest BCUT2D eigenvalue weighted by molar-refractivity contribution is 0.313. The molecular formula is C11H16N2. The van der Waals surface area contributed by atoms with Crippen LogP contribution in [0.5, 0.6) is 0 Å². The maximum atomic E-state index is 5.95. The van der Waals surface area contributed by atoms with E-state index in [1.165, 1.54) is 16.7 Å². The second-order valence-corrected chi connectivity index (χ2v) is 3.92. The van der Waals surface area contributed by atoms with Crippen molar-refractivity contribution in [1.82, 2.24) is 4.90 Å². The highest BCUT2D eigenvalue weighted by atomic mass is 15.1. The Kier molecular flexibility index (Phi) is 2.00. The lowest BCUT2D eigenvalue weighted by atomic mass is 9.94. The number of hydrogen-bond acceptors (Lipinski definition) is 2. The van der Waals surface area contributed by atoms with Crippen molar-refractivity contribution in [3.05, 3.63) is 28.8 Å². The summed E-state index contributed by atoms with van der Waals surface area (Å²) in [7, 11) is 2.14. The van der Waals surface area contributed by atoms with Crippen LogP contribution in [0.25, 0.3) is 0 Å². The summed E-state index contributed by atoms with van der Waals surface area (Å²) in [5.74, 6) is 0. The van der Waals surface area contributed by atoms with Crippen LogP contribution in [-0.2, 0) is 13.0 Å². The van der Waals surface area contributed by atoms with E-state index < -0.39 is 0 Å². The maximum absolute atomic E-state index is 5.95. The number of nitrogens with two attached hydrogens (primary N) is 1. The van der Waals surface area contributed by atoms with Crippen LogP contribution in [0, 0.1) is 6.92 Å². The summed E-state index contributed by atoms with van der Waals surface area (Å²) in [6, 6.07) is 4.15. The third kappa shape index (κ3) is 1.42. The van der Waals surface area contributed by atoms with E-state index >= 15 is 0 Å². The SMILES string of the molecule is Cc1ccc(N)c2c1CCN(C)C2. The van der Waals surface area contributed by atoms with Crippen LogP contribution in [0.15, 0.2) is 12.1 Å². The van der Waals surface area contributed by atoms with Gasteiger partial charge in [0.2, 0.25) is 0 Å². The number of hydrogen-bond donors (Lipinski definition) is 1. The molecule has 0 amide bonds. The fourth-order valence-electron chi connectivity index (χ4n) is 2.01. The highest BCUT2D eigenvalue weighted by molar-refractivity contribution is 5.54. The molecule has 2 nitrogen and oxygen atoms in total. The number of aryl methyl sites for hydroxylation is 1. The average Bonchev–Trinajstić information content (AvgIpc) is 2.12. The van der Waals surface area contributed by atoms with Crippen molar-refractivity contribution in [2.45, 2.75) is 19.9 Å². The molecule has 0 saturated carbocycles. The average molecular weight is 176 g/mol. The summed E-state index contributed by atoms with van der Waals surface area (Å²) in [4.78, 5) is 2.32. The third-order valence-electron chi connectivity index (χ3n) is 2.87. The summed E-state index contributed by atoms with van der Waals surface area (Å²) in [6.07, 6.45) is 1.14. The van der Waals surface area contributed by atoms with Crippen LogP contribution in [0.3, 0.4) is 0 Å². The third-order valence-corrected chi connectivity index (χ3v) is 2.87. The van der Waals surface area contributed by atoms with Gasteiger partial charge in [-0.25, -0.2) is 0 Å². The number of nitrogens with zero attached hydrogens (tertiary/aromatic N) is 1. The molecule has 0 radical (unpaired) electrons. The molecule has 2 rings (SSSR count). The van der Waals surface area contributed by atoms with Gasteiger partial charge in [-0.1, -0.05) is 6.07 Å². The standard InChI is InChI=1S/C11H16N2/c1-8-3-4-11(12)10-7-13(2)6-5-9(8)10/h3-4H,5-7,12H2,1-2H3. The molecule has 1 aliphatic heterocycles. The van der Waals surface area contributed by atoms with E-state index in [9.17, 15) is 0 Å². The van der Waals surface area contributed by atoms with Crippen molar-refractivity contribution in [2.75, 3.05) is 19.3 Å². The van der Waals surface area contributed by atoms with Crippen LogP contribution in [-0.4, -0.2) is 18.5 Å². The molecule has 2 heteroatoms. The molecule has 0 spiro atoms. The Morgan fingerprint density at radius 2 is 2.08 bits per heavy atom. The van der Waals surface area contributed by atoms with Crippen LogP contribution in [0.2, 0.25) is 0 Å². The molecule has 0 aliphatic carbocycles. The molecule has 0 fully saturated rings. The van der Waals surface area contributed by atoms with Gasteiger partial charge in [0.15, 0.2) is 0 Å². The predicted octanol–water partition coefficient (Wildman–Crippen LogP) is 1.57. The van der Waals surface area contributed by atoms with Crippen molar-refractivity contribution < 1.29 is 0 Å². The van der Waals surface area contributed by atoms with Gasteiger partial charge in [-0.15, -0.1) is 0 Å². The fraction of sp³-hybridized carbons (Fsp3) is 0.455. The summed E-state index contributed by atoms with van der Waals surface area (Å²) in [5, 5.41) is 0. The van der Waals surface area contributed by atoms with E-state index in [4.69, 9.17) is 5.73 Å². The Bertz CT molecular complexity index is 331. The summed E-state index contributed by atoms with van der Waals surface area (Å²) in [6.45, 7) is 4.32. The van der Waals surface area contributed by atoms with Crippen molar-refractivity contribution in [3.63, 3.8) is 0 Å². The number of likely N-dealkylation sites (N-methyl/N-ethyl adjacent to an activating group) is 1. The molecular weight excluding hydrogens is 160 g/mol. The Hall–Kier alpha value is -1.02. The van der Waals surface area contributed by atoms with Gasteiger partial charge in [-0.05, 0) is 43.1 Å². The molecule has 1 heterocycles. The molecule has 0 aromatic heterocycles. The highest BCUT2D eigenvalue weighted by Crippen LogP contribution is 2.26. The smallest absolute Gasteiger partial charge is 0.0362 e. The summed E-state index contributed by atoms with van der Waals surface area (Å²) in [5.41, 5.74) is 11.1. The fourth-order valence-corrected chi connectivity index (χ4v) is 2.01. The van der Waals surface area contributed by atoms with E-state index in [1.807, 2.05) is 6.07 Å². The van der Waals surface area contributed by atoms with E-state index in [0.29, 0.717) is 0 Å². The molecule has 0 atom stereocenters. The number of benzene rings is 1. The van der Waals surface area contributed by atoms with Crippen molar-refractivity contribution in [2.24, 2.45) is 0 Å². The molecule has 70 valence electrons.